The Hall–Kier alpha value is -1.52. The summed E-state index contributed by atoms with van der Waals surface area (Å²) >= 11 is 11.1. The van der Waals surface area contributed by atoms with Crippen molar-refractivity contribution in [3.63, 3.8) is 0 Å². The van der Waals surface area contributed by atoms with Gasteiger partial charge in [0.25, 0.3) is 0 Å². The Balaban J connectivity index is 2.53. The number of halogens is 1. The van der Waals surface area contributed by atoms with E-state index in [4.69, 9.17) is 23.8 Å². The second-order valence-corrected chi connectivity index (χ2v) is 4.65. The molecule has 17 heavy (non-hydrogen) atoms. The first-order valence-corrected chi connectivity index (χ1v) is 5.89. The molecule has 0 radical (unpaired) electrons. The van der Waals surface area contributed by atoms with Crippen molar-refractivity contribution in [2.45, 2.75) is 6.92 Å². The molecule has 84 valence electrons. The smallest absolute Gasteiger partial charge is 0.198 e. The van der Waals surface area contributed by atoms with Crippen LogP contribution in [0.4, 0.5) is 0 Å². The zero-order valence-electron chi connectivity index (χ0n) is 8.99. The van der Waals surface area contributed by atoms with Crippen LogP contribution in [0.25, 0.3) is 21.9 Å². The Morgan fingerprint density at radius 1 is 1.29 bits per heavy atom. The predicted molar refractivity (Wildman–Crippen MR) is 72.0 cm³/mol. The minimum absolute atomic E-state index is 0.434. The van der Waals surface area contributed by atoms with E-state index in [9.17, 15) is 0 Å². The first kappa shape index (κ1) is 10.6. The molecule has 0 spiro atoms. The minimum Gasteiger partial charge on any atom is -0.315 e. The molecule has 0 fully saturated rings. The van der Waals surface area contributed by atoms with E-state index >= 15 is 0 Å². The third-order valence-corrected chi connectivity index (χ3v) is 3.37. The van der Waals surface area contributed by atoms with E-state index in [0.29, 0.717) is 4.77 Å². The van der Waals surface area contributed by atoms with Crippen molar-refractivity contribution in [1.29, 1.82) is 0 Å². The zero-order valence-corrected chi connectivity index (χ0v) is 10.6. The fourth-order valence-electron chi connectivity index (χ4n) is 1.83. The molecule has 3 nitrogen and oxygen atoms in total. The van der Waals surface area contributed by atoms with Gasteiger partial charge < -0.3 is 4.98 Å². The van der Waals surface area contributed by atoms with Crippen LogP contribution in [-0.2, 0) is 0 Å². The summed E-state index contributed by atoms with van der Waals surface area (Å²) in [5.74, 6) is 0. The highest BCUT2D eigenvalue weighted by Crippen LogP contribution is 2.25. The quantitative estimate of drug-likeness (QED) is 0.494. The second-order valence-electron chi connectivity index (χ2n) is 3.86. The van der Waals surface area contributed by atoms with Crippen LogP contribution >= 0.6 is 23.8 Å². The Morgan fingerprint density at radius 2 is 2.12 bits per heavy atom. The highest BCUT2D eigenvalue weighted by Gasteiger charge is 2.05. The fraction of sp³-hybridized carbons (Fsp3) is 0.0833. The maximum absolute atomic E-state index is 6.09. The van der Waals surface area contributed by atoms with E-state index in [1.165, 1.54) is 0 Å². The van der Waals surface area contributed by atoms with Gasteiger partial charge >= 0.3 is 0 Å². The molecule has 0 bridgehead atoms. The summed E-state index contributed by atoms with van der Waals surface area (Å²) in [4.78, 5) is 11.6. The van der Waals surface area contributed by atoms with E-state index in [1.54, 1.807) is 6.20 Å². The largest absolute Gasteiger partial charge is 0.315 e. The third-order valence-electron chi connectivity index (χ3n) is 2.75. The Bertz CT molecular complexity index is 795. The lowest BCUT2D eigenvalue weighted by Crippen LogP contribution is -1.90. The highest BCUT2D eigenvalue weighted by molar-refractivity contribution is 7.71. The fourth-order valence-corrected chi connectivity index (χ4v) is 2.14. The number of H-pyrrole nitrogens is 1. The van der Waals surface area contributed by atoms with Gasteiger partial charge in [0.15, 0.2) is 4.77 Å². The molecule has 3 rings (SSSR count). The molecule has 1 aromatic carbocycles. The molecule has 0 aliphatic carbocycles. The van der Waals surface area contributed by atoms with Crippen molar-refractivity contribution in [1.82, 2.24) is 15.0 Å². The number of pyridine rings is 1. The number of nitrogens with zero attached hydrogens (tertiary/aromatic N) is 2. The molecule has 0 aliphatic heterocycles. The SMILES string of the molecule is Cc1c(Cl)ccc2cc3cnc(=S)[nH]c3nc12. The van der Waals surface area contributed by atoms with Crippen LogP contribution in [0.15, 0.2) is 24.4 Å². The summed E-state index contributed by atoms with van der Waals surface area (Å²) in [7, 11) is 0. The molecular formula is C12H8ClN3S. The van der Waals surface area contributed by atoms with Crippen LogP contribution in [0.1, 0.15) is 5.56 Å². The van der Waals surface area contributed by atoms with Crippen molar-refractivity contribution in [2.75, 3.05) is 0 Å². The molecular weight excluding hydrogens is 254 g/mol. The standard InChI is InChI=1S/C12H8ClN3S/c1-6-9(13)3-2-7-4-8-5-14-12(17)16-11(8)15-10(6)7/h2-5H,1H3,(H,14,15,16,17). The van der Waals surface area contributed by atoms with Crippen molar-refractivity contribution in [2.24, 2.45) is 0 Å². The number of rotatable bonds is 0. The minimum atomic E-state index is 0.434. The van der Waals surface area contributed by atoms with Gasteiger partial charge in [-0.1, -0.05) is 17.7 Å². The first-order chi connectivity index (χ1) is 8.15. The zero-order chi connectivity index (χ0) is 12.0. The molecule has 2 heterocycles. The normalized spacial score (nSPS) is 11.2. The summed E-state index contributed by atoms with van der Waals surface area (Å²) in [6.45, 7) is 1.96. The first-order valence-electron chi connectivity index (χ1n) is 5.10. The van der Waals surface area contributed by atoms with Gasteiger partial charge in [-0.05, 0) is 36.8 Å². The van der Waals surface area contributed by atoms with Crippen LogP contribution in [0.2, 0.25) is 5.02 Å². The number of aryl methyl sites for hydroxylation is 1. The molecule has 0 atom stereocenters. The number of aromatic amines is 1. The molecule has 5 heteroatoms. The number of benzene rings is 1. The van der Waals surface area contributed by atoms with Gasteiger partial charge in [-0.2, -0.15) is 0 Å². The van der Waals surface area contributed by atoms with Gasteiger partial charge in [-0.3, -0.25) is 0 Å². The van der Waals surface area contributed by atoms with E-state index in [2.05, 4.69) is 15.0 Å². The topological polar surface area (TPSA) is 41.6 Å². The molecule has 2 aromatic heterocycles. The maximum atomic E-state index is 6.09. The highest BCUT2D eigenvalue weighted by atomic mass is 35.5. The lowest BCUT2D eigenvalue weighted by Gasteiger charge is -2.05. The Morgan fingerprint density at radius 3 is 2.94 bits per heavy atom. The summed E-state index contributed by atoms with van der Waals surface area (Å²) < 4.78 is 0.434. The van der Waals surface area contributed by atoms with Crippen molar-refractivity contribution < 1.29 is 0 Å². The average Bonchev–Trinajstić information content (AvgIpc) is 2.32. The monoisotopic (exact) mass is 261 g/mol. The molecule has 0 saturated carbocycles. The van der Waals surface area contributed by atoms with Crippen LogP contribution in [-0.4, -0.2) is 15.0 Å². The number of hydrogen-bond acceptors (Lipinski definition) is 3. The van der Waals surface area contributed by atoms with Gasteiger partial charge in [0.05, 0.1) is 5.52 Å². The predicted octanol–water partition coefficient (Wildman–Crippen LogP) is 3.80. The molecule has 0 unspecified atom stereocenters. The van der Waals surface area contributed by atoms with E-state index in [0.717, 1.165) is 32.5 Å². The van der Waals surface area contributed by atoms with Crippen molar-refractivity contribution in [3.05, 3.63) is 39.8 Å². The van der Waals surface area contributed by atoms with Crippen LogP contribution < -0.4 is 0 Å². The van der Waals surface area contributed by atoms with Crippen LogP contribution in [0.5, 0.6) is 0 Å². The molecule has 0 aliphatic rings. The van der Waals surface area contributed by atoms with Gasteiger partial charge in [-0.25, -0.2) is 9.97 Å². The summed E-state index contributed by atoms with van der Waals surface area (Å²) in [5, 5.41) is 2.71. The van der Waals surface area contributed by atoms with Gasteiger partial charge in [0.2, 0.25) is 0 Å². The molecule has 0 amide bonds. The maximum Gasteiger partial charge on any atom is 0.198 e. The van der Waals surface area contributed by atoms with Crippen molar-refractivity contribution >= 4 is 45.8 Å². The number of hydrogen-bond donors (Lipinski definition) is 1. The Labute approximate surface area is 107 Å². The van der Waals surface area contributed by atoms with E-state index in [1.807, 2.05) is 25.1 Å². The molecule has 0 saturated heterocycles. The van der Waals surface area contributed by atoms with Crippen LogP contribution in [0, 0.1) is 11.7 Å². The Kier molecular flexibility index (Phi) is 2.34. The average molecular weight is 262 g/mol. The number of fused-ring (bicyclic) bond motifs is 2. The van der Waals surface area contributed by atoms with Crippen LogP contribution in [0.3, 0.4) is 0 Å². The van der Waals surface area contributed by atoms with E-state index in [-0.39, 0.29) is 0 Å². The lowest BCUT2D eigenvalue weighted by atomic mass is 10.1. The van der Waals surface area contributed by atoms with Gasteiger partial charge in [-0.15, -0.1) is 0 Å². The summed E-state index contributed by atoms with van der Waals surface area (Å²) in [6.07, 6.45) is 1.73. The van der Waals surface area contributed by atoms with E-state index < -0.39 is 0 Å². The molecule has 1 N–H and O–H groups in total. The second kappa shape index (κ2) is 3.75. The van der Waals surface area contributed by atoms with Crippen molar-refractivity contribution in [3.8, 4) is 0 Å². The lowest BCUT2D eigenvalue weighted by molar-refractivity contribution is 1.16. The third kappa shape index (κ3) is 1.69. The number of aromatic nitrogens is 3. The summed E-state index contributed by atoms with van der Waals surface area (Å²) in [5.41, 5.74) is 2.60. The number of nitrogens with one attached hydrogen (secondary N) is 1. The van der Waals surface area contributed by atoms with Gasteiger partial charge in [0.1, 0.15) is 5.65 Å². The summed E-state index contributed by atoms with van der Waals surface area (Å²) in [6, 6.07) is 5.86. The molecule has 3 aromatic rings. The van der Waals surface area contributed by atoms with Gasteiger partial charge in [0, 0.05) is 22.0 Å².